The Kier molecular flexibility index (Phi) is 6.64. The number of alkyl halides is 1. The molecule has 176 valence electrons. The summed E-state index contributed by atoms with van der Waals surface area (Å²) >= 11 is 0. The molecule has 0 spiro atoms. The fraction of sp³-hybridized carbons (Fsp3) is 0.391. The number of nitrogens with zero attached hydrogens (tertiary/aromatic N) is 3. The number of benzene rings is 1. The molecule has 1 saturated heterocycles. The van der Waals surface area contributed by atoms with E-state index in [2.05, 4.69) is 20.4 Å². The normalized spacial score (nSPS) is 23.5. The molecule has 1 aliphatic carbocycles. The van der Waals surface area contributed by atoms with Crippen LogP contribution in [-0.4, -0.2) is 53.8 Å². The molecule has 1 aromatic carbocycles. The van der Waals surface area contributed by atoms with E-state index in [-0.39, 0.29) is 34.4 Å². The topological polar surface area (TPSA) is 123 Å². The zero-order valence-electron chi connectivity index (χ0n) is 18.3. The molecule has 2 heterocycles. The number of phenolic OH excluding ortho intramolecular Hbond substituents is 1. The number of hydrogen-bond donors (Lipinski definition) is 4. The third-order valence-corrected chi connectivity index (χ3v) is 6.10. The van der Waals surface area contributed by atoms with E-state index in [9.17, 15) is 13.9 Å². The van der Waals surface area contributed by atoms with Crippen molar-refractivity contribution in [3.05, 3.63) is 53.8 Å². The van der Waals surface area contributed by atoms with Gasteiger partial charge in [0.25, 0.3) is 0 Å². The van der Waals surface area contributed by atoms with Crippen LogP contribution in [0.5, 0.6) is 5.75 Å². The Balaban J connectivity index is 1.47. The van der Waals surface area contributed by atoms with Crippen molar-refractivity contribution in [1.82, 2.24) is 15.5 Å². The summed E-state index contributed by atoms with van der Waals surface area (Å²) in [6.45, 7) is 1.58. The first-order valence-corrected chi connectivity index (χ1v) is 10.8. The van der Waals surface area contributed by atoms with Crippen molar-refractivity contribution in [2.45, 2.75) is 37.5 Å². The zero-order valence-corrected chi connectivity index (χ0v) is 18.3. The van der Waals surface area contributed by atoms with Gasteiger partial charge in [0.1, 0.15) is 17.7 Å². The second-order valence-corrected chi connectivity index (χ2v) is 8.36. The van der Waals surface area contributed by atoms with Gasteiger partial charge in [-0.05, 0) is 43.5 Å². The lowest BCUT2D eigenvalue weighted by molar-refractivity contribution is 0.148. The number of anilines is 1. The predicted octanol–water partition coefficient (Wildman–Crippen LogP) is 2.40. The Bertz CT molecular complexity index is 1050. The van der Waals surface area contributed by atoms with Gasteiger partial charge in [0.15, 0.2) is 11.7 Å². The second kappa shape index (κ2) is 9.62. The maximum absolute atomic E-state index is 14.8. The fourth-order valence-corrected chi connectivity index (χ4v) is 4.18. The minimum Gasteiger partial charge on any atom is -0.507 e. The minimum atomic E-state index is -0.674. The lowest BCUT2D eigenvalue weighted by atomic mass is 9.90. The smallest absolute Gasteiger partial charge is 0.184 e. The number of allylic oxidation sites excluding steroid dienone is 2. The lowest BCUT2D eigenvalue weighted by Gasteiger charge is -2.33. The fourth-order valence-electron chi connectivity index (χ4n) is 4.18. The average molecular weight is 459 g/mol. The molecule has 4 rings (SSSR count). The molecule has 6 N–H and O–H groups in total. The molecule has 1 saturated carbocycles. The van der Waals surface area contributed by atoms with E-state index in [1.165, 1.54) is 31.5 Å². The molecule has 10 heteroatoms. The number of nitrogens with two attached hydrogens (primary N) is 2. The summed E-state index contributed by atoms with van der Waals surface area (Å²) in [5, 5.41) is 22.5. The van der Waals surface area contributed by atoms with E-state index in [0.29, 0.717) is 30.4 Å². The van der Waals surface area contributed by atoms with E-state index in [4.69, 9.17) is 16.2 Å². The van der Waals surface area contributed by atoms with Crippen LogP contribution < -0.4 is 21.7 Å². The number of aromatic hydroxyl groups is 1. The number of rotatable bonds is 7. The van der Waals surface area contributed by atoms with Crippen LogP contribution in [0.4, 0.5) is 14.6 Å². The van der Waals surface area contributed by atoms with Crippen LogP contribution in [0.3, 0.4) is 0 Å². The second-order valence-electron chi connectivity index (χ2n) is 8.36. The summed E-state index contributed by atoms with van der Waals surface area (Å²) in [5.74, 6) is -0.0281. The van der Waals surface area contributed by atoms with Crippen molar-refractivity contribution < 1.29 is 18.6 Å². The van der Waals surface area contributed by atoms with Crippen LogP contribution in [0, 0.1) is 5.82 Å². The SMILES string of the molecule is CO/C(N)=C/C(=C\N)c1cc(O)c(-c2ccc(N3CCC(NC4CC(F)C4)C3)nn2)cc1F. The Morgan fingerprint density at radius 1 is 1.27 bits per heavy atom. The largest absolute Gasteiger partial charge is 0.507 e. The van der Waals surface area contributed by atoms with E-state index < -0.39 is 12.0 Å². The van der Waals surface area contributed by atoms with Crippen molar-refractivity contribution in [3.8, 4) is 17.0 Å². The van der Waals surface area contributed by atoms with Gasteiger partial charge in [0, 0.05) is 54.1 Å². The van der Waals surface area contributed by atoms with Crippen molar-refractivity contribution in [1.29, 1.82) is 0 Å². The van der Waals surface area contributed by atoms with Gasteiger partial charge in [-0.1, -0.05) is 0 Å². The Hall–Kier alpha value is -3.40. The number of methoxy groups -OCH3 is 1. The third kappa shape index (κ3) is 5.00. The van der Waals surface area contributed by atoms with Gasteiger partial charge >= 0.3 is 0 Å². The molecular weight excluding hydrogens is 430 g/mol. The van der Waals surface area contributed by atoms with Crippen molar-refractivity contribution in [3.63, 3.8) is 0 Å². The molecule has 33 heavy (non-hydrogen) atoms. The van der Waals surface area contributed by atoms with Gasteiger partial charge < -0.3 is 31.5 Å². The maximum atomic E-state index is 14.8. The van der Waals surface area contributed by atoms with Crippen LogP contribution in [0.2, 0.25) is 0 Å². The monoisotopic (exact) mass is 458 g/mol. The third-order valence-electron chi connectivity index (χ3n) is 6.10. The average Bonchev–Trinajstić information content (AvgIpc) is 3.26. The van der Waals surface area contributed by atoms with Crippen molar-refractivity contribution in [2.24, 2.45) is 11.5 Å². The first-order chi connectivity index (χ1) is 15.9. The number of nitrogens with one attached hydrogen (secondary N) is 1. The molecule has 8 nitrogen and oxygen atoms in total. The van der Waals surface area contributed by atoms with Gasteiger partial charge in [0.2, 0.25) is 0 Å². The number of aromatic nitrogens is 2. The van der Waals surface area contributed by atoms with Gasteiger partial charge in [-0.25, -0.2) is 8.78 Å². The molecule has 1 aromatic heterocycles. The summed E-state index contributed by atoms with van der Waals surface area (Å²) in [6, 6.07) is 6.48. The van der Waals surface area contributed by atoms with Crippen LogP contribution in [-0.2, 0) is 4.74 Å². The first kappa shape index (κ1) is 22.8. The summed E-state index contributed by atoms with van der Waals surface area (Å²) in [4.78, 5) is 2.11. The number of phenols is 1. The quantitative estimate of drug-likeness (QED) is 0.369. The molecule has 2 fully saturated rings. The minimum absolute atomic E-state index is 0.0507. The van der Waals surface area contributed by atoms with Crippen molar-refractivity contribution in [2.75, 3.05) is 25.1 Å². The highest BCUT2D eigenvalue weighted by molar-refractivity contribution is 5.78. The van der Waals surface area contributed by atoms with E-state index in [1.54, 1.807) is 12.1 Å². The summed E-state index contributed by atoms with van der Waals surface area (Å²) in [5.41, 5.74) is 12.1. The predicted molar refractivity (Wildman–Crippen MR) is 122 cm³/mol. The molecule has 1 unspecified atom stereocenters. The standard InChI is InChI=1S/C23H28F2N6O2/c1-33-22(27)6-13(11-26)17-10-21(32)18(9-19(17)25)20-2-3-23(30-29-20)31-5-4-15(12-31)28-16-7-14(24)8-16/h2-3,6,9-11,14-16,28,32H,4-5,7-8,12,26-27H2,1H3/b13-11+,22-6+. The van der Waals surface area contributed by atoms with Gasteiger partial charge in [-0.15, -0.1) is 10.2 Å². The van der Waals surface area contributed by atoms with Crippen molar-refractivity contribution >= 4 is 11.4 Å². The highest BCUT2D eigenvalue weighted by atomic mass is 19.1. The number of halogens is 2. The van der Waals surface area contributed by atoms with E-state index in [0.717, 1.165) is 19.5 Å². The number of hydrogen-bond acceptors (Lipinski definition) is 8. The highest BCUT2D eigenvalue weighted by Crippen LogP contribution is 2.34. The maximum Gasteiger partial charge on any atom is 0.184 e. The van der Waals surface area contributed by atoms with E-state index >= 15 is 0 Å². The zero-order chi connectivity index (χ0) is 23.5. The molecule has 1 aliphatic heterocycles. The van der Waals surface area contributed by atoms with Crippen LogP contribution in [0.25, 0.3) is 16.8 Å². The summed E-state index contributed by atoms with van der Waals surface area (Å²) < 4.78 is 32.7. The van der Waals surface area contributed by atoms with E-state index in [1.807, 2.05) is 0 Å². The van der Waals surface area contributed by atoms with Gasteiger partial charge in [-0.3, -0.25) is 0 Å². The molecular formula is C23H28F2N6O2. The molecule has 0 bridgehead atoms. The van der Waals surface area contributed by atoms with Crippen LogP contribution in [0.1, 0.15) is 24.8 Å². The van der Waals surface area contributed by atoms with Gasteiger partial charge in [-0.2, -0.15) is 0 Å². The Labute approximate surface area is 190 Å². The lowest BCUT2D eigenvalue weighted by Crippen LogP contribution is -2.48. The molecule has 0 radical (unpaired) electrons. The molecule has 0 amide bonds. The summed E-state index contributed by atoms with van der Waals surface area (Å²) in [7, 11) is 1.38. The first-order valence-electron chi connectivity index (χ1n) is 10.8. The summed E-state index contributed by atoms with van der Waals surface area (Å²) in [6.07, 6.45) is 3.99. The Morgan fingerprint density at radius 2 is 2.06 bits per heavy atom. The molecule has 2 aliphatic rings. The van der Waals surface area contributed by atoms with Crippen LogP contribution in [0.15, 0.2) is 42.4 Å². The Morgan fingerprint density at radius 3 is 2.70 bits per heavy atom. The molecule has 2 aromatic rings. The molecule has 1 atom stereocenters. The highest BCUT2D eigenvalue weighted by Gasteiger charge is 2.33. The van der Waals surface area contributed by atoms with Gasteiger partial charge in [0.05, 0.1) is 12.8 Å². The number of ether oxygens (including phenoxy) is 1. The van der Waals surface area contributed by atoms with Crippen LogP contribution >= 0.6 is 0 Å².